The molecule has 21 heavy (non-hydrogen) atoms. The van der Waals surface area contributed by atoms with Crippen molar-refractivity contribution in [2.75, 3.05) is 0 Å². The predicted molar refractivity (Wildman–Crippen MR) is 92.6 cm³/mol. The summed E-state index contributed by atoms with van der Waals surface area (Å²) in [5.74, 6) is 1.01. The van der Waals surface area contributed by atoms with E-state index in [1.165, 1.54) is 50.5 Å². The van der Waals surface area contributed by atoms with Crippen molar-refractivity contribution < 1.29 is 0 Å². The maximum Gasteiger partial charge on any atom is 0.0400 e. The molecule has 0 amide bonds. The molecule has 0 heterocycles. The second-order valence-electron chi connectivity index (χ2n) is 9.21. The van der Waals surface area contributed by atoms with E-state index in [2.05, 4.69) is 60.1 Å². The highest BCUT2D eigenvalue weighted by atomic mass is 79.9. The Hall–Kier alpha value is -0.300. The van der Waals surface area contributed by atoms with Gasteiger partial charge in [0, 0.05) is 4.83 Å². The van der Waals surface area contributed by atoms with Crippen LogP contribution in [0.25, 0.3) is 0 Å². The molecule has 0 aromatic heterocycles. The molecule has 4 bridgehead atoms. The summed E-state index contributed by atoms with van der Waals surface area (Å²) >= 11 is 4.01. The third kappa shape index (κ3) is 2.50. The summed E-state index contributed by atoms with van der Waals surface area (Å²) in [6.07, 6.45) is 10.3. The smallest absolute Gasteiger partial charge is 0.0400 e. The molecule has 0 aliphatic heterocycles. The fraction of sp³-hybridized carbons (Fsp3) is 0.700. The summed E-state index contributed by atoms with van der Waals surface area (Å²) in [5, 5.41) is 0. The zero-order valence-electron chi connectivity index (χ0n) is 13.4. The minimum atomic E-state index is 0.530. The summed E-state index contributed by atoms with van der Waals surface area (Å²) in [7, 11) is 0. The fourth-order valence-electron chi connectivity index (χ4n) is 7.07. The Morgan fingerprint density at radius 2 is 1.62 bits per heavy atom. The van der Waals surface area contributed by atoms with Crippen LogP contribution in [0.15, 0.2) is 30.3 Å². The van der Waals surface area contributed by atoms with Gasteiger partial charge in [0.05, 0.1) is 0 Å². The lowest BCUT2D eigenvalue weighted by Gasteiger charge is -2.66. The van der Waals surface area contributed by atoms with E-state index < -0.39 is 0 Å². The molecule has 0 radical (unpaired) electrons. The van der Waals surface area contributed by atoms with Gasteiger partial charge in [0.1, 0.15) is 0 Å². The number of alkyl halides is 1. The third-order valence-electron chi connectivity index (χ3n) is 6.52. The monoisotopic (exact) mass is 346 g/mol. The van der Waals surface area contributed by atoms with Gasteiger partial charge in [-0.2, -0.15) is 0 Å². The normalized spacial score (nSPS) is 45.8. The maximum absolute atomic E-state index is 4.01. The highest BCUT2D eigenvalue weighted by Gasteiger charge is 2.60. The van der Waals surface area contributed by atoms with E-state index in [1.807, 2.05) is 0 Å². The van der Waals surface area contributed by atoms with E-state index >= 15 is 0 Å². The summed E-state index contributed by atoms with van der Waals surface area (Å²) in [6, 6.07) is 11.0. The molecule has 1 aromatic rings. The van der Waals surface area contributed by atoms with Gasteiger partial charge in [-0.15, -0.1) is 0 Å². The van der Waals surface area contributed by atoms with E-state index in [4.69, 9.17) is 0 Å². The van der Waals surface area contributed by atoms with Gasteiger partial charge in [-0.1, -0.05) is 60.1 Å². The van der Waals surface area contributed by atoms with E-state index in [0.29, 0.717) is 21.1 Å². The van der Waals surface area contributed by atoms with Crippen molar-refractivity contribution in [2.24, 2.45) is 22.2 Å². The Kier molecular flexibility index (Phi) is 3.13. The molecule has 5 rings (SSSR count). The van der Waals surface area contributed by atoms with Crippen molar-refractivity contribution in [3.05, 3.63) is 35.9 Å². The topological polar surface area (TPSA) is 0 Å². The molecular formula is C20H27Br. The van der Waals surface area contributed by atoms with Crippen molar-refractivity contribution >= 4 is 15.9 Å². The van der Waals surface area contributed by atoms with Crippen LogP contribution in [0.5, 0.6) is 0 Å². The Morgan fingerprint density at radius 3 is 2.19 bits per heavy atom. The van der Waals surface area contributed by atoms with Gasteiger partial charge < -0.3 is 0 Å². The lowest BCUT2D eigenvalue weighted by molar-refractivity contribution is -0.147. The lowest BCUT2D eigenvalue weighted by atomic mass is 9.39. The molecule has 0 saturated heterocycles. The van der Waals surface area contributed by atoms with Crippen molar-refractivity contribution in [3.8, 4) is 0 Å². The number of benzene rings is 1. The Bertz CT molecular complexity index is 516. The fourth-order valence-corrected chi connectivity index (χ4v) is 8.06. The standard InChI is InChI=1S/C20H27Br/c1-18-8-15-9-19(2,12-18)14-20(10-15,13-18)11-17(21)16-6-4-3-5-7-16/h3-7,15,17H,8-14H2,1-2H3. The summed E-state index contributed by atoms with van der Waals surface area (Å²) in [6.45, 7) is 5.16. The van der Waals surface area contributed by atoms with Crippen LogP contribution in [0.3, 0.4) is 0 Å². The second kappa shape index (κ2) is 4.60. The first-order chi connectivity index (χ1) is 9.90. The van der Waals surface area contributed by atoms with E-state index in [9.17, 15) is 0 Å². The molecule has 3 unspecified atom stereocenters. The predicted octanol–water partition coefficient (Wildman–Crippen LogP) is 6.51. The molecule has 0 N–H and O–H groups in total. The molecule has 1 aromatic carbocycles. The third-order valence-corrected chi connectivity index (χ3v) is 7.37. The van der Waals surface area contributed by atoms with E-state index in [-0.39, 0.29) is 0 Å². The first-order valence-corrected chi connectivity index (χ1v) is 9.50. The SMILES string of the molecule is CC12CC3CC(C)(C1)CC(CC(Br)c1ccccc1)(C3)C2. The van der Waals surface area contributed by atoms with Gasteiger partial charge in [-0.05, 0) is 72.7 Å². The van der Waals surface area contributed by atoms with Gasteiger partial charge in [0.2, 0.25) is 0 Å². The lowest BCUT2D eigenvalue weighted by Crippen LogP contribution is -2.55. The van der Waals surface area contributed by atoms with Crippen LogP contribution in [0.4, 0.5) is 0 Å². The van der Waals surface area contributed by atoms with Crippen LogP contribution in [-0.2, 0) is 0 Å². The van der Waals surface area contributed by atoms with E-state index in [1.54, 1.807) is 0 Å². The van der Waals surface area contributed by atoms with Crippen LogP contribution in [0.1, 0.15) is 69.2 Å². The van der Waals surface area contributed by atoms with Crippen molar-refractivity contribution in [3.63, 3.8) is 0 Å². The summed E-state index contributed by atoms with van der Waals surface area (Å²) < 4.78 is 0. The number of rotatable bonds is 3. The average molecular weight is 347 g/mol. The summed E-state index contributed by atoms with van der Waals surface area (Å²) in [5.41, 5.74) is 3.34. The van der Waals surface area contributed by atoms with Crippen molar-refractivity contribution in [1.82, 2.24) is 0 Å². The number of hydrogen-bond acceptors (Lipinski definition) is 0. The van der Waals surface area contributed by atoms with Gasteiger partial charge in [-0.25, -0.2) is 0 Å². The summed E-state index contributed by atoms with van der Waals surface area (Å²) in [4.78, 5) is 0.530. The number of halogens is 1. The van der Waals surface area contributed by atoms with Gasteiger partial charge in [0.25, 0.3) is 0 Å². The van der Waals surface area contributed by atoms with Crippen LogP contribution in [-0.4, -0.2) is 0 Å². The van der Waals surface area contributed by atoms with Crippen LogP contribution in [0, 0.1) is 22.2 Å². The van der Waals surface area contributed by atoms with Crippen molar-refractivity contribution in [2.45, 2.75) is 63.6 Å². The molecule has 1 heteroatoms. The van der Waals surface area contributed by atoms with Gasteiger partial charge in [-0.3, -0.25) is 0 Å². The van der Waals surface area contributed by atoms with Crippen LogP contribution >= 0.6 is 15.9 Å². The van der Waals surface area contributed by atoms with Crippen molar-refractivity contribution in [1.29, 1.82) is 0 Å². The molecular weight excluding hydrogens is 320 g/mol. The molecule has 4 aliphatic rings. The maximum atomic E-state index is 4.01. The molecule has 0 spiro atoms. The molecule has 0 nitrogen and oxygen atoms in total. The quantitative estimate of drug-likeness (QED) is 0.547. The minimum Gasteiger partial charge on any atom is -0.0839 e. The van der Waals surface area contributed by atoms with Gasteiger partial charge in [0.15, 0.2) is 0 Å². The molecule has 4 fully saturated rings. The van der Waals surface area contributed by atoms with E-state index in [0.717, 1.165) is 5.92 Å². The van der Waals surface area contributed by atoms with Crippen LogP contribution < -0.4 is 0 Å². The zero-order chi connectivity index (χ0) is 14.7. The average Bonchev–Trinajstić information content (AvgIpc) is 2.34. The second-order valence-corrected chi connectivity index (χ2v) is 10.3. The first-order valence-electron chi connectivity index (χ1n) is 8.59. The Morgan fingerprint density at radius 1 is 1.00 bits per heavy atom. The minimum absolute atomic E-state index is 0.530. The Labute approximate surface area is 137 Å². The largest absolute Gasteiger partial charge is 0.0839 e. The molecule has 4 saturated carbocycles. The van der Waals surface area contributed by atoms with Gasteiger partial charge >= 0.3 is 0 Å². The Balaban J connectivity index is 1.60. The zero-order valence-corrected chi connectivity index (χ0v) is 15.0. The number of hydrogen-bond donors (Lipinski definition) is 0. The molecule has 3 atom stereocenters. The highest BCUT2D eigenvalue weighted by Crippen LogP contribution is 2.71. The highest BCUT2D eigenvalue weighted by molar-refractivity contribution is 9.09. The molecule has 114 valence electrons. The first kappa shape index (κ1) is 14.3. The molecule has 4 aliphatic carbocycles. The van der Waals surface area contributed by atoms with Crippen LogP contribution in [0.2, 0.25) is 0 Å².